The Hall–Kier alpha value is 0.130. The molecule has 0 N–H and O–H groups in total. The van der Waals surface area contributed by atoms with E-state index in [0.29, 0.717) is 0 Å². The standard InChI is InChI=1S/C9H18B2/c1-10-11-9-7-5-3-2-4-6-8-9/h9H,2-8H2,1H3. The Morgan fingerprint density at radius 2 is 1.45 bits per heavy atom. The highest BCUT2D eigenvalue weighted by atomic mass is 14.1. The van der Waals surface area contributed by atoms with Gasteiger partial charge in [-0.2, -0.15) is 0 Å². The van der Waals surface area contributed by atoms with Crippen molar-refractivity contribution in [3.05, 3.63) is 0 Å². The molecule has 1 saturated carbocycles. The van der Waals surface area contributed by atoms with Gasteiger partial charge in [0.15, 0.2) is 0 Å². The lowest BCUT2D eigenvalue weighted by molar-refractivity contribution is 0.503. The Morgan fingerprint density at radius 3 is 2.00 bits per heavy atom. The van der Waals surface area contributed by atoms with Crippen molar-refractivity contribution in [3.8, 4) is 0 Å². The molecule has 1 rings (SSSR count). The fourth-order valence-corrected chi connectivity index (χ4v) is 1.95. The summed E-state index contributed by atoms with van der Waals surface area (Å²) in [5, 5.41) is 0. The summed E-state index contributed by atoms with van der Waals surface area (Å²) in [5.74, 6) is 0.903. The number of rotatable bonds is 2. The Bertz CT molecular complexity index is 85.6. The summed E-state index contributed by atoms with van der Waals surface area (Å²) in [7, 11) is 4.61. The maximum Gasteiger partial charge on any atom is 0.0691 e. The van der Waals surface area contributed by atoms with E-state index in [-0.39, 0.29) is 0 Å². The predicted octanol–water partition coefficient (Wildman–Crippen LogP) is 2.89. The second-order valence-electron chi connectivity index (χ2n) is 3.63. The van der Waals surface area contributed by atoms with E-state index in [1.165, 1.54) is 44.9 Å². The molecule has 0 bridgehead atoms. The molecule has 0 spiro atoms. The third kappa shape index (κ3) is 3.88. The smallest absolute Gasteiger partial charge is 0.0691 e. The van der Waals surface area contributed by atoms with Crippen LogP contribution in [0.4, 0.5) is 0 Å². The Balaban J connectivity index is 2.15. The molecule has 0 saturated heterocycles. The molecule has 0 aliphatic heterocycles. The molecule has 0 aromatic carbocycles. The maximum atomic E-state index is 2.39. The summed E-state index contributed by atoms with van der Waals surface area (Å²) in [4.78, 5) is 0. The zero-order valence-electron chi connectivity index (χ0n) is 7.68. The second kappa shape index (κ2) is 5.74. The van der Waals surface area contributed by atoms with Crippen LogP contribution in [-0.4, -0.2) is 14.3 Å². The van der Waals surface area contributed by atoms with Gasteiger partial charge in [0.2, 0.25) is 0 Å². The van der Waals surface area contributed by atoms with Gasteiger partial charge in [0.1, 0.15) is 0 Å². The highest BCUT2D eigenvalue weighted by Crippen LogP contribution is 2.25. The highest BCUT2D eigenvalue weighted by molar-refractivity contribution is 7.00. The van der Waals surface area contributed by atoms with Crippen LogP contribution in [0.5, 0.6) is 0 Å². The van der Waals surface area contributed by atoms with Crippen molar-refractivity contribution in [2.45, 2.75) is 57.6 Å². The van der Waals surface area contributed by atoms with E-state index in [0.717, 1.165) is 5.82 Å². The van der Waals surface area contributed by atoms with Gasteiger partial charge in [-0.15, -0.1) is 0 Å². The lowest BCUT2D eigenvalue weighted by Crippen LogP contribution is -2.10. The van der Waals surface area contributed by atoms with Crippen molar-refractivity contribution >= 4 is 14.3 Å². The van der Waals surface area contributed by atoms with Crippen molar-refractivity contribution in [1.29, 1.82) is 0 Å². The maximum absolute atomic E-state index is 2.39. The summed E-state index contributed by atoms with van der Waals surface area (Å²) in [6, 6.07) is 0. The molecular weight excluding hydrogens is 130 g/mol. The fraction of sp³-hybridized carbons (Fsp3) is 1.00. The van der Waals surface area contributed by atoms with Crippen LogP contribution in [0.25, 0.3) is 0 Å². The topological polar surface area (TPSA) is 0 Å². The van der Waals surface area contributed by atoms with E-state index in [1.54, 1.807) is 0 Å². The van der Waals surface area contributed by atoms with E-state index in [4.69, 9.17) is 0 Å². The van der Waals surface area contributed by atoms with Crippen LogP contribution < -0.4 is 0 Å². The summed E-state index contributed by atoms with van der Waals surface area (Å²) in [5.41, 5.74) is 0. The van der Waals surface area contributed by atoms with Gasteiger partial charge < -0.3 is 0 Å². The second-order valence-corrected chi connectivity index (χ2v) is 3.63. The average Bonchev–Trinajstić information content (AvgIpc) is 1.94. The minimum absolute atomic E-state index is 0.903. The van der Waals surface area contributed by atoms with E-state index < -0.39 is 0 Å². The van der Waals surface area contributed by atoms with Crippen molar-refractivity contribution in [1.82, 2.24) is 0 Å². The van der Waals surface area contributed by atoms with Crippen molar-refractivity contribution in [3.63, 3.8) is 0 Å². The molecule has 1 fully saturated rings. The molecule has 1 aliphatic rings. The van der Waals surface area contributed by atoms with Crippen LogP contribution in [0, 0.1) is 0 Å². The third-order valence-corrected chi connectivity index (χ3v) is 2.61. The molecule has 0 heterocycles. The molecule has 2 heteroatoms. The largest absolute Gasteiger partial charge is 0.0999 e. The third-order valence-electron chi connectivity index (χ3n) is 2.61. The first kappa shape index (κ1) is 9.22. The zero-order chi connectivity index (χ0) is 7.94. The van der Waals surface area contributed by atoms with Gasteiger partial charge >= 0.3 is 0 Å². The fourth-order valence-electron chi connectivity index (χ4n) is 1.95. The molecule has 0 amide bonds. The Labute approximate surface area is 72.6 Å². The Kier molecular flexibility index (Phi) is 4.81. The monoisotopic (exact) mass is 148 g/mol. The van der Waals surface area contributed by atoms with Crippen molar-refractivity contribution < 1.29 is 0 Å². The predicted molar refractivity (Wildman–Crippen MR) is 53.4 cm³/mol. The zero-order valence-corrected chi connectivity index (χ0v) is 7.68. The van der Waals surface area contributed by atoms with E-state index >= 15 is 0 Å². The number of hydrogen-bond donors (Lipinski definition) is 0. The minimum atomic E-state index is 0.903. The molecule has 0 aromatic heterocycles. The molecule has 0 nitrogen and oxygen atoms in total. The normalized spacial score (nSPS) is 21.9. The summed E-state index contributed by atoms with van der Waals surface area (Å²) >= 11 is 0. The molecule has 11 heavy (non-hydrogen) atoms. The molecular formula is C9H18B2. The molecule has 0 atom stereocenters. The van der Waals surface area contributed by atoms with Crippen LogP contribution in [0.1, 0.15) is 44.9 Å². The molecule has 2 radical (unpaired) electrons. The van der Waals surface area contributed by atoms with Gasteiger partial charge in [-0.05, 0) is 0 Å². The highest BCUT2D eigenvalue weighted by Gasteiger charge is 2.10. The Morgan fingerprint density at radius 1 is 0.909 bits per heavy atom. The van der Waals surface area contributed by atoms with Gasteiger partial charge in [-0.1, -0.05) is 57.6 Å². The molecule has 0 aromatic rings. The van der Waals surface area contributed by atoms with Crippen molar-refractivity contribution in [2.24, 2.45) is 0 Å². The van der Waals surface area contributed by atoms with E-state index in [1.807, 2.05) is 0 Å². The number of hydrogen-bond acceptors (Lipinski definition) is 0. The average molecular weight is 148 g/mol. The summed E-state index contributed by atoms with van der Waals surface area (Å²) < 4.78 is 0. The van der Waals surface area contributed by atoms with Crippen LogP contribution in [0.2, 0.25) is 12.6 Å². The van der Waals surface area contributed by atoms with Crippen LogP contribution >= 0.6 is 0 Å². The van der Waals surface area contributed by atoms with Gasteiger partial charge in [-0.3, -0.25) is 0 Å². The van der Waals surface area contributed by atoms with Crippen molar-refractivity contribution in [2.75, 3.05) is 0 Å². The minimum Gasteiger partial charge on any atom is -0.0999 e. The first-order valence-corrected chi connectivity index (χ1v) is 5.06. The SMILES string of the molecule is C[B][B]C1CCCCCCC1. The van der Waals surface area contributed by atoms with Crippen LogP contribution in [-0.2, 0) is 0 Å². The van der Waals surface area contributed by atoms with Crippen LogP contribution in [0.3, 0.4) is 0 Å². The molecule has 1 aliphatic carbocycles. The van der Waals surface area contributed by atoms with E-state index in [2.05, 4.69) is 21.2 Å². The van der Waals surface area contributed by atoms with Gasteiger partial charge in [-0.25, -0.2) is 0 Å². The van der Waals surface area contributed by atoms with E-state index in [9.17, 15) is 0 Å². The van der Waals surface area contributed by atoms with Gasteiger partial charge in [0, 0.05) is 0 Å². The lowest BCUT2D eigenvalue weighted by atomic mass is 9.34. The van der Waals surface area contributed by atoms with Gasteiger partial charge in [0.25, 0.3) is 0 Å². The van der Waals surface area contributed by atoms with Crippen LogP contribution in [0.15, 0.2) is 0 Å². The van der Waals surface area contributed by atoms with Gasteiger partial charge in [0.05, 0.1) is 14.3 Å². The summed E-state index contributed by atoms with van der Waals surface area (Å²) in [6.45, 7) is 2.14. The first-order chi connectivity index (χ1) is 5.43. The quantitative estimate of drug-likeness (QED) is 0.528. The molecule has 60 valence electrons. The molecule has 0 unspecified atom stereocenters. The summed E-state index contributed by atoms with van der Waals surface area (Å²) in [6.07, 6.45) is 10.2. The lowest BCUT2D eigenvalue weighted by Gasteiger charge is -2.17. The first-order valence-electron chi connectivity index (χ1n) is 5.06.